The minimum absolute atomic E-state index is 0. The molecule has 1 aliphatic rings. The summed E-state index contributed by atoms with van der Waals surface area (Å²) in [6.07, 6.45) is -4.63. The minimum Gasteiger partial charge on any atom is -0.481 e. The summed E-state index contributed by atoms with van der Waals surface area (Å²) < 4.78 is 52.1. The summed E-state index contributed by atoms with van der Waals surface area (Å²) in [5.74, 6) is -6.07. The van der Waals surface area contributed by atoms with Gasteiger partial charge in [0.15, 0.2) is 0 Å². The highest BCUT2D eigenvalue weighted by Gasteiger charge is 2.52. The number of carboxylic acids is 1. The molecule has 2 rings (SSSR count). The first kappa shape index (κ1) is 22.2. The van der Waals surface area contributed by atoms with E-state index in [2.05, 4.69) is 5.32 Å². The van der Waals surface area contributed by atoms with Crippen LogP contribution in [0.2, 0.25) is 0 Å². The predicted octanol–water partition coefficient (Wildman–Crippen LogP) is 2.37. The van der Waals surface area contributed by atoms with E-state index in [0.717, 1.165) is 0 Å². The second kappa shape index (κ2) is 8.68. The predicted molar refractivity (Wildman–Crippen MR) is 87.3 cm³/mol. The molecule has 1 heterocycles. The quantitative estimate of drug-likeness (QED) is 0.747. The SMILES string of the molecule is Cc1ccc(CNC(=O)CN2C[C@@H](C(F)(F)F)[C@H](C(=O)O)C2)cc1F.Cl. The third-order valence-corrected chi connectivity index (χ3v) is 4.23. The second-order valence-electron chi connectivity index (χ2n) is 6.15. The summed E-state index contributed by atoms with van der Waals surface area (Å²) >= 11 is 0. The molecule has 0 bridgehead atoms. The van der Waals surface area contributed by atoms with E-state index in [4.69, 9.17) is 5.11 Å². The monoisotopic (exact) mass is 398 g/mol. The molecular weight excluding hydrogens is 380 g/mol. The number of likely N-dealkylation sites (tertiary alicyclic amines) is 1. The lowest BCUT2D eigenvalue weighted by Crippen LogP contribution is -2.36. The van der Waals surface area contributed by atoms with E-state index in [-0.39, 0.29) is 32.0 Å². The molecule has 1 amide bonds. The number of aryl methyl sites for hydroxylation is 1. The summed E-state index contributed by atoms with van der Waals surface area (Å²) in [6, 6.07) is 4.46. The second-order valence-corrected chi connectivity index (χ2v) is 6.15. The first-order valence-electron chi connectivity index (χ1n) is 7.61. The van der Waals surface area contributed by atoms with Gasteiger partial charge in [-0.2, -0.15) is 13.2 Å². The van der Waals surface area contributed by atoms with Crippen molar-refractivity contribution in [3.63, 3.8) is 0 Å². The Hall–Kier alpha value is -1.87. The third-order valence-electron chi connectivity index (χ3n) is 4.23. The number of carbonyl (C=O) groups excluding carboxylic acids is 1. The van der Waals surface area contributed by atoms with Crippen LogP contribution in [-0.4, -0.2) is 47.7 Å². The van der Waals surface area contributed by atoms with Crippen LogP contribution in [0.25, 0.3) is 0 Å². The average Bonchev–Trinajstić information content (AvgIpc) is 2.93. The number of hydrogen-bond donors (Lipinski definition) is 2. The number of carboxylic acid groups (broad SMARTS) is 1. The highest BCUT2D eigenvalue weighted by Crippen LogP contribution is 2.37. The molecule has 1 aliphatic heterocycles. The Morgan fingerprint density at radius 2 is 1.96 bits per heavy atom. The summed E-state index contributed by atoms with van der Waals surface area (Å²) in [6.45, 7) is 0.416. The van der Waals surface area contributed by atoms with Gasteiger partial charge in [0.1, 0.15) is 5.82 Å². The van der Waals surface area contributed by atoms with Crippen LogP contribution >= 0.6 is 12.4 Å². The number of nitrogens with one attached hydrogen (secondary N) is 1. The molecule has 5 nitrogen and oxygen atoms in total. The van der Waals surface area contributed by atoms with Crippen molar-refractivity contribution < 1.29 is 32.3 Å². The van der Waals surface area contributed by atoms with Gasteiger partial charge in [0.2, 0.25) is 5.91 Å². The molecule has 1 aromatic rings. The number of alkyl halides is 3. The van der Waals surface area contributed by atoms with Crippen LogP contribution in [0.4, 0.5) is 17.6 Å². The zero-order valence-corrected chi connectivity index (χ0v) is 14.7. The first-order valence-corrected chi connectivity index (χ1v) is 7.61. The Morgan fingerprint density at radius 1 is 1.31 bits per heavy atom. The molecule has 0 unspecified atom stereocenters. The minimum atomic E-state index is -4.63. The van der Waals surface area contributed by atoms with E-state index in [9.17, 15) is 27.2 Å². The molecule has 1 saturated heterocycles. The number of benzene rings is 1. The smallest absolute Gasteiger partial charge is 0.393 e. The standard InChI is InChI=1S/C16H18F4N2O3.ClH/c1-9-2-3-10(4-13(9)17)5-21-14(23)8-22-6-11(15(24)25)12(7-22)16(18,19)20;/h2-4,11-12H,5-8H2,1H3,(H,21,23)(H,24,25);1H/t11-,12-;/m1./s1. The molecule has 0 aliphatic carbocycles. The molecule has 0 saturated carbocycles. The topological polar surface area (TPSA) is 69.6 Å². The lowest BCUT2D eigenvalue weighted by molar-refractivity contribution is -0.188. The van der Waals surface area contributed by atoms with E-state index in [1.165, 1.54) is 11.0 Å². The number of amides is 1. The molecule has 0 aromatic heterocycles. The van der Waals surface area contributed by atoms with Crippen molar-refractivity contribution in [2.45, 2.75) is 19.6 Å². The fourth-order valence-electron chi connectivity index (χ4n) is 2.80. The Kier molecular flexibility index (Phi) is 7.40. The average molecular weight is 399 g/mol. The Balaban J connectivity index is 0.00000338. The summed E-state index contributed by atoms with van der Waals surface area (Å²) in [5.41, 5.74) is 0.986. The van der Waals surface area contributed by atoms with Crippen molar-refractivity contribution in [2.24, 2.45) is 11.8 Å². The number of halogens is 5. The van der Waals surface area contributed by atoms with Crippen molar-refractivity contribution in [2.75, 3.05) is 19.6 Å². The van der Waals surface area contributed by atoms with Crippen molar-refractivity contribution in [3.05, 3.63) is 35.1 Å². The molecule has 146 valence electrons. The van der Waals surface area contributed by atoms with Crippen LogP contribution in [0, 0.1) is 24.6 Å². The van der Waals surface area contributed by atoms with E-state index in [0.29, 0.717) is 11.1 Å². The molecule has 1 fully saturated rings. The maximum absolute atomic E-state index is 13.4. The van der Waals surface area contributed by atoms with Gasteiger partial charge < -0.3 is 10.4 Å². The summed E-state index contributed by atoms with van der Waals surface area (Å²) in [5, 5.41) is 11.4. The van der Waals surface area contributed by atoms with Crippen molar-refractivity contribution in [3.8, 4) is 0 Å². The summed E-state index contributed by atoms with van der Waals surface area (Å²) in [7, 11) is 0. The van der Waals surface area contributed by atoms with Crippen LogP contribution in [0.15, 0.2) is 18.2 Å². The van der Waals surface area contributed by atoms with Gasteiger partial charge in [-0.3, -0.25) is 14.5 Å². The number of aliphatic carboxylic acids is 1. The first-order chi connectivity index (χ1) is 11.6. The van der Waals surface area contributed by atoms with Gasteiger partial charge in [0.25, 0.3) is 0 Å². The molecular formula is C16H19ClF4N2O3. The molecule has 2 N–H and O–H groups in total. The van der Waals surface area contributed by atoms with Crippen LogP contribution in [0.1, 0.15) is 11.1 Å². The van der Waals surface area contributed by atoms with Crippen LogP contribution < -0.4 is 5.32 Å². The Labute approximate surface area is 153 Å². The number of nitrogens with zero attached hydrogens (tertiary/aromatic N) is 1. The molecule has 10 heteroatoms. The normalized spacial score (nSPS) is 20.5. The van der Waals surface area contributed by atoms with E-state index >= 15 is 0 Å². The number of carbonyl (C=O) groups is 2. The lowest BCUT2D eigenvalue weighted by atomic mass is 9.96. The van der Waals surface area contributed by atoms with Gasteiger partial charge in [0, 0.05) is 19.6 Å². The highest BCUT2D eigenvalue weighted by atomic mass is 35.5. The van der Waals surface area contributed by atoms with Crippen LogP contribution in [0.5, 0.6) is 0 Å². The van der Waals surface area contributed by atoms with Gasteiger partial charge in [0.05, 0.1) is 18.4 Å². The molecule has 2 atom stereocenters. The van der Waals surface area contributed by atoms with Crippen molar-refractivity contribution in [1.82, 2.24) is 10.2 Å². The van der Waals surface area contributed by atoms with Gasteiger partial charge >= 0.3 is 12.1 Å². The van der Waals surface area contributed by atoms with Crippen molar-refractivity contribution in [1.29, 1.82) is 0 Å². The maximum atomic E-state index is 13.4. The number of rotatable bonds is 5. The number of hydrogen-bond acceptors (Lipinski definition) is 3. The van der Waals surface area contributed by atoms with Gasteiger partial charge in [-0.05, 0) is 24.1 Å². The van der Waals surface area contributed by atoms with E-state index in [1.807, 2.05) is 0 Å². The van der Waals surface area contributed by atoms with Gasteiger partial charge in [-0.25, -0.2) is 4.39 Å². The van der Waals surface area contributed by atoms with E-state index in [1.54, 1.807) is 19.1 Å². The zero-order valence-electron chi connectivity index (χ0n) is 13.8. The molecule has 0 spiro atoms. The van der Waals surface area contributed by atoms with Gasteiger partial charge in [-0.15, -0.1) is 12.4 Å². The lowest BCUT2D eigenvalue weighted by Gasteiger charge is -2.18. The highest BCUT2D eigenvalue weighted by molar-refractivity contribution is 5.85. The summed E-state index contributed by atoms with van der Waals surface area (Å²) in [4.78, 5) is 24.0. The Bertz CT molecular complexity index is 669. The maximum Gasteiger partial charge on any atom is 0.393 e. The molecule has 26 heavy (non-hydrogen) atoms. The largest absolute Gasteiger partial charge is 0.481 e. The van der Waals surface area contributed by atoms with Gasteiger partial charge in [-0.1, -0.05) is 12.1 Å². The third kappa shape index (κ3) is 5.57. The van der Waals surface area contributed by atoms with Crippen LogP contribution in [0.3, 0.4) is 0 Å². The molecule has 1 aromatic carbocycles. The van der Waals surface area contributed by atoms with Crippen LogP contribution in [-0.2, 0) is 16.1 Å². The van der Waals surface area contributed by atoms with Crippen molar-refractivity contribution >= 4 is 24.3 Å². The fourth-order valence-corrected chi connectivity index (χ4v) is 2.80. The van der Waals surface area contributed by atoms with E-state index < -0.39 is 42.3 Å². The zero-order chi connectivity index (χ0) is 18.8. The molecule has 0 radical (unpaired) electrons. The fraction of sp³-hybridized carbons (Fsp3) is 0.500. The Morgan fingerprint density at radius 3 is 2.46 bits per heavy atom.